The average Bonchev–Trinajstić information content (AvgIpc) is 4.08. The predicted octanol–water partition coefficient (Wildman–Crippen LogP) is 16.0. The summed E-state index contributed by atoms with van der Waals surface area (Å²) in [5.74, 6) is 1.80. The van der Waals surface area contributed by atoms with E-state index in [0.29, 0.717) is 34.2 Å². The highest BCUT2D eigenvalue weighted by atomic mass is 32.1. The van der Waals surface area contributed by atoms with Crippen LogP contribution in [0.1, 0.15) is 8.22 Å². The van der Waals surface area contributed by atoms with E-state index in [4.69, 9.17) is 20.4 Å². The lowest BCUT2D eigenvalue weighted by atomic mass is 9.95. The molecule has 4 nitrogen and oxygen atoms in total. The zero-order valence-corrected chi connectivity index (χ0v) is 34.9. The Bertz CT molecular complexity index is 4150. The minimum Gasteiger partial charge on any atom is -0.309 e. The first kappa shape index (κ1) is 30.3. The molecule has 0 fully saturated rings. The molecule has 0 N–H and O–H groups in total. The van der Waals surface area contributed by atoms with Crippen LogP contribution in [0.25, 0.3) is 124 Å². The largest absolute Gasteiger partial charge is 0.309 e. The van der Waals surface area contributed by atoms with E-state index in [1.54, 1.807) is 22.7 Å². The van der Waals surface area contributed by atoms with Crippen LogP contribution in [0, 0.1) is 0 Å². The molecule has 0 aliphatic heterocycles. The van der Waals surface area contributed by atoms with Gasteiger partial charge in [-0.3, -0.25) is 0 Å². The molecule has 4 aromatic heterocycles. The van der Waals surface area contributed by atoms with Crippen molar-refractivity contribution in [1.82, 2.24) is 19.5 Å². The fourth-order valence-corrected chi connectivity index (χ4v) is 11.4. The van der Waals surface area contributed by atoms with Crippen LogP contribution < -0.4 is 0 Å². The van der Waals surface area contributed by atoms with Crippen molar-refractivity contribution < 1.29 is 8.22 Å². The predicted molar refractivity (Wildman–Crippen MR) is 267 cm³/mol. The topological polar surface area (TPSA) is 43.6 Å². The Balaban J connectivity index is 1.03. The molecule has 0 atom stereocenters. The highest BCUT2D eigenvalue weighted by Crippen LogP contribution is 2.46. The van der Waals surface area contributed by atoms with Gasteiger partial charge in [0, 0.05) is 78.9 Å². The van der Waals surface area contributed by atoms with Crippen molar-refractivity contribution in [2.45, 2.75) is 0 Å². The van der Waals surface area contributed by atoms with Crippen LogP contribution in [-0.2, 0) is 0 Å². The highest BCUT2D eigenvalue weighted by Gasteiger charge is 2.21. The molecule has 0 radical (unpaired) electrons. The van der Waals surface area contributed by atoms with Gasteiger partial charge in [0.2, 0.25) is 0 Å². The van der Waals surface area contributed by atoms with Crippen molar-refractivity contribution in [2.24, 2.45) is 0 Å². The number of para-hydroxylation sites is 2. The lowest BCUT2D eigenvalue weighted by Gasteiger charge is -2.17. The fraction of sp³-hybridized carbons (Fsp3) is 0. The number of hydrogen-bond acceptors (Lipinski definition) is 5. The summed E-state index contributed by atoms with van der Waals surface area (Å²) in [6, 6.07) is 55.9. The average molecular weight is 845 g/mol. The molecule has 13 aromatic rings. The third-order valence-corrected chi connectivity index (χ3v) is 14.3. The summed E-state index contributed by atoms with van der Waals surface area (Å²) in [6.07, 6.45) is 0. The maximum Gasteiger partial charge on any atom is 0.165 e. The molecule has 0 saturated carbocycles. The van der Waals surface area contributed by atoms with Crippen LogP contribution in [0.15, 0.2) is 206 Å². The Morgan fingerprint density at radius 1 is 0.365 bits per heavy atom. The van der Waals surface area contributed by atoms with Crippen LogP contribution >= 0.6 is 22.7 Å². The van der Waals surface area contributed by atoms with Gasteiger partial charge in [-0.05, 0) is 53.5 Å². The molecule has 13 rings (SSSR count). The quantitative estimate of drug-likeness (QED) is 0.167. The highest BCUT2D eigenvalue weighted by molar-refractivity contribution is 7.26. The van der Waals surface area contributed by atoms with E-state index in [1.807, 2.05) is 77.4 Å². The van der Waals surface area contributed by atoms with Gasteiger partial charge in [0.1, 0.15) is 0 Å². The lowest BCUT2D eigenvalue weighted by Crippen LogP contribution is -2.00. The Morgan fingerprint density at radius 3 is 1.60 bits per heavy atom. The molecule has 0 aliphatic rings. The van der Waals surface area contributed by atoms with Crippen LogP contribution in [-0.4, -0.2) is 19.5 Å². The number of rotatable bonds is 6. The van der Waals surface area contributed by atoms with Gasteiger partial charge in [-0.25, -0.2) is 15.0 Å². The minimum absolute atomic E-state index is 0.00181. The first-order valence-electron chi connectivity index (χ1n) is 23.6. The smallest absolute Gasteiger partial charge is 0.165 e. The molecule has 0 spiro atoms. The van der Waals surface area contributed by atoms with Crippen molar-refractivity contribution in [1.29, 1.82) is 0 Å². The van der Waals surface area contributed by atoms with Gasteiger partial charge in [0.25, 0.3) is 0 Å². The van der Waals surface area contributed by atoms with Gasteiger partial charge in [-0.1, -0.05) is 164 Å². The van der Waals surface area contributed by atoms with Crippen LogP contribution in [0.2, 0.25) is 0 Å². The molecule has 294 valence electrons. The number of nitrogens with zero attached hydrogens (tertiary/aromatic N) is 4. The standard InChI is InChI=1S/C57H34N4S2/c1-3-15-35(16-4-1)55-58-56(36-17-5-2-6-18-36)60-57(59-55)46-25-14-23-44-42-31-29-38(34-52(42)63-54(44)46)37-30-32-50(61-48-26-10-7-19-39(48)40-20-8-11-27-49(40)61)47(33-37)45-24-13-22-43-41-21-9-12-28-51(41)62-53(43)45/h1-34H/i7D,8D,19D,20D,26D,27D. The van der Waals surface area contributed by atoms with E-state index in [9.17, 15) is 2.74 Å². The molecular weight excluding hydrogens is 805 g/mol. The number of fused-ring (bicyclic) bond motifs is 9. The van der Waals surface area contributed by atoms with Crippen molar-refractivity contribution in [3.05, 3.63) is 206 Å². The van der Waals surface area contributed by atoms with E-state index in [-0.39, 0.29) is 47.0 Å². The zero-order chi connectivity index (χ0) is 46.7. The third-order valence-electron chi connectivity index (χ3n) is 11.8. The zero-order valence-electron chi connectivity index (χ0n) is 39.3. The molecule has 0 saturated heterocycles. The second kappa shape index (κ2) is 14.4. The van der Waals surface area contributed by atoms with Crippen LogP contribution in [0.3, 0.4) is 0 Å². The monoisotopic (exact) mass is 844 g/mol. The SMILES string of the molecule is [2H]c1cc([2H])c2c(c1[2H])c1c([2H])c([2H])cc([2H])c1n2-c1ccc(-c2ccc3c(c2)sc2c(-c4nc(-c5ccccc5)nc(-c5ccccc5)n4)cccc23)cc1-c1cccc2c1sc1ccccc12. The summed E-state index contributed by atoms with van der Waals surface area (Å²) in [4.78, 5) is 15.1. The molecule has 6 heteroatoms. The van der Waals surface area contributed by atoms with Crippen molar-refractivity contribution >= 4 is 84.8 Å². The number of hydrogen-bond donors (Lipinski definition) is 0. The van der Waals surface area contributed by atoms with Gasteiger partial charge in [0.05, 0.1) is 24.9 Å². The second-order valence-corrected chi connectivity index (χ2v) is 17.5. The molecule has 63 heavy (non-hydrogen) atoms. The van der Waals surface area contributed by atoms with Crippen LogP contribution in [0.5, 0.6) is 0 Å². The molecule has 9 aromatic carbocycles. The van der Waals surface area contributed by atoms with Gasteiger partial charge < -0.3 is 4.57 Å². The minimum atomic E-state index is -0.149. The van der Waals surface area contributed by atoms with Gasteiger partial charge in [-0.15, -0.1) is 22.7 Å². The number of aromatic nitrogens is 4. The third kappa shape index (κ3) is 5.83. The van der Waals surface area contributed by atoms with E-state index in [0.717, 1.165) is 79.3 Å². The van der Waals surface area contributed by atoms with Gasteiger partial charge >= 0.3 is 0 Å². The van der Waals surface area contributed by atoms with E-state index < -0.39 is 0 Å². The second-order valence-electron chi connectivity index (χ2n) is 15.4. The maximum atomic E-state index is 9.27. The Labute approximate surface area is 379 Å². The van der Waals surface area contributed by atoms with Gasteiger partial charge in [-0.2, -0.15) is 0 Å². The molecular formula is C57H34N4S2. The fourth-order valence-electron chi connectivity index (χ4n) is 8.92. The number of thiophene rings is 2. The summed E-state index contributed by atoms with van der Waals surface area (Å²) in [6.45, 7) is 0. The number of benzene rings is 9. The Kier molecular flexibility index (Phi) is 6.93. The van der Waals surface area contributed by atoms with E-state index in [2.05, 4.69) is 84.9 Å². The summed E-state index contributed by atoms with van der Waals surface area (Å²) in [5, 5.41) is 4.94. The Hall–Kier alpha value is -7.77. The van der Waals surface area contributed by atoms with Gasteiger partial charge in [0.15, 0.2) is 17.5 Å². The first-order valence-corrected chi connectivity index (χ1v) is 22.2. The normalized spacial score (nSPS) is 13.1. The molecule has 4 heterocycles. The molecule has 0 bridgehead atoms. The summed E-state index contributed by atoms with van der Waals surface area (Å²) in [5.41, 5.74) is 7.78. The van der Waals surface area contributed by atoms with Crippen molar-refractivity contribution in [3.8, 4) is 62.1 Å². The lowest BCUT2D eigenvalue weighted by molar-refractivity contribution is 1.08. The summed E-state index contributed by atoms with van der Waals surface area (Å²) >= 11 is 3.41. The van der Waals surface area contributed by atoms with Crippen molar-refractivity contribution in [3.63, 3.8) is 0 Å². The van der Waals surface area contributed by atoms with Crippen molar-refractivity contribution in [2.75, 3.05) is 0 Å². The maximum absolute atomic E-state index is 9.27. The van der Waals surface area contributed by atoms with Crippen LogP contribution in [0.4, 0.5) is 0 Å². The molecule has 0 unspecified atom stereocenters. The molecule has 0 aliphatic carbocycles. The summed E-state index contributed by atoms with van der Waals surface area (Å²) < 4.78 is 60.1. The Morgan fingerprint density at radius 2 is 0.905 bits per heavy atom. The summed E-state index contributed by atoms with van der Waals surface area (Å²) in [7, 11) is 0. The first-order chi connectivity index (χ1) is 33.7. The molecule has 0 amide bonds. The van der Waals surface area contributed by atoms with E-state index >= 15 is 0 Å². The van der Waals surface area contributed by atoms with E-state index in [1.165, 1.54) is 12.1 Å².